The Bertz CT molecular complexity index is 1310. The average Bonchev–Trinajstić information content (AvgIpc) is 3.09. The molecule has 2 heterocycles. The minimum atomic E-state index is -4.51. The van der Waals surface area contributed by atoms with Gasteiger partial charge in [0, 0.05) is 24.7 Å². The van der Waals surface area contributed by atoms with E-state index in [2.05, 4.69) is 15.6 Å². The van der Waals surface area contributed by atoms with Gasteiger partial charge in [0.25, 0.3) is 5.91 Å². The quantitative estimate of drug-likeness (QED) is 0.344. The Labute approximate surface area is 197 Å². The van der Waals surface area contributed by atoms with Gasteiger partial charge in [0.15, 0.2) is 0 Å². The number of hydrogen-bond acceptors (Lipinski definition) is 6. The summed E-state index contributed by atoms with van der Waals surface area (Å²) in [6, 6.07) is 7.32. The number of ether oxygens (including phenoxy) is 1. The number of benzene rings is 2. The summed E-state index contributed by atoms with van der Waals surface area (Å²) < 4.78 is 45.8. The van der Waals surface area contributed by atoms with Crippen LogP contribution in [0.3, 0.4) is 0 Å². The number of phenolic OH excluding ortho intramolecular Hbond substituents is 1. The van der Waals surface area contributed by atoms with Crippen molar-refractivity contribution >= 4 is 22.6 Å². The number of aromatic amines is 1. The van der Waals surface area contributed by atoms with Crippen LogP contribution in [0.25, 0.3) is 11.0 Å². The van der Waals surface area contributed by atoms with Gasteiger partial charge in [-0.1, -0.05) is 0 Å². The minimum absolute atomic E-state index is 0.00374. The monoisotopic (exact) mass is 494 g/mol. The topological polar surface area (TPSA) is 129 Å². The molecule has 2 aromatic carbocycles. The van der Waals surface area contributed by atoms with Gasteiger partial charge in [-0.25, -0.2) is 4.79 Å². The zero-order valence-electron chi connectivity index (χ0n) is 18.9. The molecule has 1 aliphatic heterocycles. The molecule has 2 atom stereocenters. The molecule has 2 unspecified atom stereocenters. The van der Waals surface area contributed by atoms with Crippen molar-refractivity contribution in [2.24, 2.45) is 0 Å². The number of aryl methyl sites for hydroxylation is 1. The van der Waals surface area contributed by atoms with E-state index in [-0.39, 0.29) is 24.4 Å². The van der Waals surface area contributed by atoms with Gasteiger partial charge in [-0.15, -0.1) is 0 Å². The number of phenols is 1. The molecule has 0 fully saturated rings. The van der Waals surface area contributed by atoms with Gasteiger partial charge in [-0.05, 0) is 50.6 Å². The van der Waals surface area contributed by atoms with Gasteiger partial charge in [-0.3, -0.25) is 9.36 Å². The summed E-state index contributed by atoms with van der Waals surface area (Å²) in [5, 5.41) is 25.8. The molecule has 3 aromatic rings. The molecule has 9 nitrogen and oxygen atoms in total. The second-order valence-electron chi connectivity index (χ2n) is 9.10. The number of hydrogen-bond donors (Lipinski definition) is 5. The number of amides is 1. The minimum Gasteiger partial charge on any atom is -0.508 e. The predicted molar refractivity (Wildman–Crippen MR) is 121 cm³/mol. The highest BCUT2D eigenvalue weighted by Crippen LogP contribution is 2.33. The molecule has 0 radical (unpaired) electrons. The number of alkyl halides is 3. The molecule has 5 N–H and O–H groups in total. The van der Waals surface area contributed by atoms with Crippen molar-refractivity contribution < 1.29 is 32.9 Å². The number of fused-ring (bicyclic) bond motifs is 2. The molecule has 1 amide bonds. The summed E-state index contributed by atoms with van der Waals surface area (Å²) in [6.07, 6.45) is -6.49. The van der Waals surface area contributed by atoms with Gasteiger partial charge >= 0.3 is 11.9 Å². The van der Waals surface area contributed by atoms with E-state index < -0.39 is 41.1 Å². The third kappa shape index (κ3) is 5.28. The standard InChI is InChI=1S/C23H25F3N4O5/c1-22(2,7-8-30-16-5-3-12(23(24,25)26)9-14(16)29-21(30)34)27-11-17(32)19-20(33)28-15-10-13(31)4-6-18(15)35-19/h3-6,9-10,17,19,27,31-32H,7-8,11H2,1-2H3,(H,28,33)(H,29,34). The zero-order chi connectivity index (χ0) is 25.5. The number of aromatic hydroxyl groups is 1. The maximum atomic E-state index is 13.0. The van der Waals surface area contributed by atoms with Crippen LogP contribution < -0.4 is 21.1 Å². The van der Waals surface area contributed by atoms with Crippen LogP contribution >= 0.6 is 0 Å². The smallest absolute Gasteiger partial charge is 0.416 e. The molecule has 0 bridgehead atoms. The second kappa shape index (κ2) is 8.93. The lowest BCUT2D eigenvalue weighted by molar-refractivity contribution is -0.137. The van der Waals surface area contributed by atoms with Crippen LogP contribution in [-0.2, 0) is 17.5 Å². The molecule has 0 aliphatic carbocycles. The van der Waals surface area contributed by atoms with Crippen LogP contribution in [0.2, 0.25) is 0 Å². The first-order valence-electron chi connectivity index (χ1n) is 10.9. The maximum absolute atomic E-state index is 13.0. The Balaban J connectivity index is 1.38. The van der Waals surface area contributed by atoms with E-state index in [0.717, 1.165) is 12.1 Å². The number of nitrogens with zero attached hydrogens (tertiary/aromatic N) is 1. The third-order valence-electron chi connectivity index (χ3n) is 5.93. The van der Waals surface area contributed by atoms with Crippen LogP contribution in [0.1, 0.15) is 25.8 Å². The first-order valence-corrected chi connectivity index (χ1v) is 10.9. The molecule has 35 heavy (non-hydrogen) atoms. The van der Waals surface area contributed by atoms with E-state index >= 15 is 0 Å². The maximum Gasteiger partial charge on any atom is 0.416 e. The van der Waals surface area contributed by atoms with Crippen molar-refractivity contribution in [3.63, 3.8) is 0 Å². The van der Waals surface area contributed by atoms with Gasteiger partial charge in [0.2, 0.25) is 6.10 Å². The Morgan fingerprint density at radius 1 is 1.17 bits per heavy atom. The molecule has 0 saturated heterocycles. The number of β-amino-alcohol motifs (C(OH)–C–C–N with tert-alkyl or cyclic N) is 1. The molecule has 1 aliphatic rings. The van der Waals surface area contributed by atoms with Crippen molar-refractivity contribution in [2.45, 2.75) is 50.7 Å². The number of nitrogens with one attached hydrogen (secondary N) is 3. The van der Waals surface area contributed by atoms with Crippen LogP contribution in [0, 0.1) is 0 Å². The van der Waals surface area contributed by atoms with Gasteiger partial charge < -0.3 is 30.6 Å². The van der Waals surface area contributed by atoms with Gasteiger partial charge in [-0.2, -0.15) is 13.2 Å². The van der Waals surface area contributed by atoms with Crippen LogP contribution in [-0.4, -0.2) is 50.0 Å². The van der Waals surface area contributed by atoms with Crippen molar-refractivity contribution in [2.75, 3.05) is 11.9 Å². The summed E-state index contributed by atoms with van der Waals surface area (Å²) in [7, 11) is 0. The summed E-state index contributed by atoms with van der Waals surface area (Å²) in [5.74, 6) is -0.276. The summed E-state index contributed by atoms with van der Waals surface area (Å²) >= 11 is 0. The molecule has 4 rings (SSSR count). The number of aromatic nitrogens is 2. The van der Waals surface area contributed by atoms with Crippen molar-refractivity contribution in [1.29, 1.82) is 0 Å². The lowest BCUT2D eigenvalue weighted by Gasteiger charge is -2.32. The average molecular weight is 494 g/mol. The van der Waals surface area contributed by atoms with Crippen molar-refractivity contribution in [3.05, 3.63) is 52.4 Å². The number of rotatable bonds is 7. The van der Waals surface area contributed by atoms with Crippen molar-refractivity contribution in [3.8, 4) is 11.5 Å². The van der Waals surface area contributed by atoms with E-state index in [9.17, 15) is 33.0 Å². The Kier molecular flexibility index (Phi) is 6.28. The summed E-state index contributed by atoms with van der Waals surface area (Å²) in [4.78, 5) is 27.1. The third-order valence-corrected chi connectivity index (χ3v) is 5.93. The van der Waals surface area contributed by atoms with Crippen LogP contribution in [0.5, 0.6) is 11.5 Å². The highest BCUT2D eigenvalue weighted by atomic mass is 19.4. The van der Waals surface area contributed by atoms with E-state index in [1.807, 2.05) is 13.8 Å². The van der Waals surface area contributed by atoms with Gasteiger partial charge in [0.1, 0.15) is 17.6 Å². The van der Waals surface area contributed by atoms with Gasteiger partial charge in [0.05, 0.1) is 22.3 Å². The normalized spacial score (nSPS) is 17.1. The number of imidazole rings is 1. The first kappa shape index (κ1) is 24.6. The molecule has 188 valence electrons. The van der Waals surface area contributed by atoms with Crippen LogP contribution in [0.15, 0.2) is 41.2 Å². The number of aliphatic hydroxyl groups excluding tert-OH is 1. The molecule has 12 heteroatoms. The fourth-order valence-corrected chi connectivity index (χ4v) is 3.90. The van der Waals surface area contributed by atoms with Crippen LogP contribution in [0.4, 0.5) is 18.9 Å². The van der Waals surface area contributed by atoms with E-state index in [1.54, 1.807) is 0 Å². The first-order chi connectivity index (χ1) is 16.3. The SMILES string of the molecule is CC(C)(CCn1c(=O)[nH]c2cc(C(F)(F)F)ccc21)NCC(O)C1Oc2ccc(O)cc2NC1=O. The molecular weight excluding hydrogens is 469 g/mol. The Morgan fingerprint density at radius 2 is 1.91 bits per heavy atom. The Hall–Kier alpha value is -3.51. The fraction of sp³-hybridized carbons (Fsp3) is 0.391. The molecule has 1 aromatic heterocycles. The molecular formula is C23H25F3N4O5. The number of aliphatic hydroxyl groups is 1. The highest BCUT2D eigenvalue weighted by Gasteiger charge is 2.35. The lowest BCUT2D eigenvalue weighted by atomic mass is 9.99. The lowest BCUT2D eigenvalue weighted by Crippen LogP contribution is -2.52. The molecule has 0 spiro atoms. The Morgan fingerprint density at radius 3 is 2.63 bits per heavy atom. The summed E-state index contributed by atoms with van der Waals surface area (Å²) in [6.45, 7) is 3.87. The fourth-order valence-electron chi connectivity index (χ4n) is 3.90. The molecule has 0 saturated carbocycles. The van der Waals surface area contributed by atoms with Crippen molar-refractivity contribution in [1.82, 2.24) is 14.9 Å². The highest BCUT2D eigenvalue weighted by molar-refractivity contribution is 5.98. The summed E-state index contributed by atoms with van der Waals surface area (Å²) in [5.41, 5.74) is -1.21. The number of halogens is 3. The largest absolute Gasteiger partial charge is 0.508 e. The number of carbonyl (C=O) groups excluding carboxylic acids is 1. The van der Waals surface area contributed by atoms with E-state index in [0.29, 0.717) is 23.4 Å². The van der Waals surface area contributed by atoms with E-state index in [1.165, 1.54) is 28.8 Å². The number of H-pyrrole nitrogens is 1. The second-order valence-corrected chi connectivity index (χ2v) is 9.10. The number of anilines is 1. The van der Waals surface area contributed by atoms with E-state index in [4.69, 9.17) is 4.74 Å². The predicted octanol–water partition coefficient (Wildman–Crippen LogP) is 2.57. The zero-order valence-corrected chi connectivity index (χ0v) is 18.9. The number of carbonyl (C=O) groups is 1.